The van der Waals surface area contributed by atoms with Crippen LogP contribution < -0.4 is 10.1 Å². The van der Waals surface area contributed by atoms with E-state index in [1.54, 1.807) is 19.1 Å². The predicted molar refractivity (Wildman–Crippen MR) is 134 cm³/mol. The number of carbonyl (C=O) groups is 2. The molecule has 2 aromatic rings. The van der Waals surface area contributed by atoms with Gasteiger partial charge in [0.25, 0.3) is 5.91 Å². The van der Waals surface area contributed by atoms with Crippen LogP contribution in [0.1, 0.15) is 39.2 Å². The molecule has 1 amide bonds. The standard InChI is InChI=1S/C25H29Cl2N3O4/c1-4-33-23(31)12-7-18-15-30(14-17-5-8-19(26)9-6-17)25(29-24(18)32)28-20-10-11-22(21(27)13-20)34-16(2)3/h5-6,8-11,13,16,18H,4,7,12,14-15H2,1-3H3,(H,28,29,32). The van der Waals surface area contributed by atoms with Crippen LogP contribution in [0.5, 0.6) is 5.75 Å². The number of carbonyl (C=O) groups excluding carboxylic acids is 2. The lowest BCUT2D eigenvalue weighted by Crippen LogP contribution is -2.45. The van der Waals surface area contributed by atoms with E-state index >= 15 is 0 Å². The third-order valence-corrected chi connectivity index (χ3v) is 5.69. The van der Waals surface area contributed by atoms with Gasteiger partial charge in [0, 0.05) is 30.2 Å². The highest BCUT2D eigenvalue weighted by Crippen LogP contribution is 2.29. The van der Waals surface area contributed by atoms with Crippen LogP contribution in [0.2, 0.25) is 10.0 Å². The van der Waals surface area contributed by atoms with Gasteiger partial charge in [-0.25, -0.2) is 0 Å². The Morgan fingerprint density at radius 2 is 1.94 bits per heavy atom. The number of nitrogens with one attached hydrogen (secondary N) is 1. The molecule has 1 unspecified atom stereocenters. The van der Waals surface area contributed by atoms with Crippen LogP contribution in [0.25, 0.3) is 0 Å². The van der Waals surface area contributed by atoms with Gasteiger partial charge in [0.1, 0.15) is 5.75 Å². The van der Waals surface area contributed by atoms with Crippen molar-refractivity contribution in [3.05, 3.63) is 58.1 Å². The van der Waals surface area contributed by atoms with E-state index in [0.717, 1.165) is 5.56 Å². The molecule has 9 heteroatoms. The lowest BCUT2D eigenvalue weighted by molar-refractivity contribution is -0.143. The first kappa shape index (κ1) is 25.8. The minimum Gasteiger partial charge on any atom is -0.489 e. The van der Waals surface area contributed by atoms with Crippen LogP contribution in [0.3, 0.4) is 0 Å². The number of aliphatic imine (C=N–C) groups is 1. The molecule has 3 rings (SSSR count). The summed E-state index contributed by atoms with van der Waals surface area (Å²) in [6.07, 6.45) is 0.543. The van der Waals surface area contributed by atoms with Crippen molar-refractivity contribution in [2.24, 2.45) is 10.9 Å². The van der Waals surface area contributed by atoms with Gasteiger partial charge in [-0.15, -0.1) is 0 Å². The van der Waals surface area contributed by atoms with E-state index in [4.69, 9.17) is 32.7 Å². The predicted octanol–water partition coefficient (Wildman–Crippen LogP) is 5.55. The average molecular weight is 506 g/mol. The zero-order valence-electron chi connectivity index (χ0n) is 19.5. The van der Waals surface area contributed by atoms with Crippen LogP contribution in [-0.2, 0) is 20.9 Å². The second kappa shape index (κ2) is 12.1. The first-order chi connectivity index (χ1) is 16.2. The van der Waals surface area contributed by atoms with Crippen molar-refractivity contribution in [2.45, 2.75) is 46.3 Å². The molecule has 0 aliphatic carbocycles. The quantitative estimate of drug-likeness (QED) is 0.450. The number of amides is 1. The summed E-state index contributed by atoms with van der Waals surface area (Å²) in [7, 11) is 0. The van der Waals surface area contributed by atoms with Crippen molar-refractivity contribution in [2.75, 3.05) is 18.5 Å². The van der Waals surface area contributed by atoms with E-state index in [1.807, 2.05) is 49.1 Å². The maximum absolute atomic E-state index is 12.8. The second-order valence-corrected chi connectivity index (χ2v) is 9.10. The second-order valence-electron chi connectivity index (χ2n) is 8.26. The molecule has 34 heavy (non-hydrogen) atoms. The van der Waals surface area contributed by atoms with Crippen molar-refractivity contribution in [3.8, 4) is 5.75 Å². The van der Waals surface area contributed by atoms with Crippen LogP contribution in [0, 0.1) is 5.92 Å². The maximum atomic E-state index is 12.8. The van der Waals surface area contributed by atoms with Gasteiger partial charge in [-0.05, 0) is 63.1 Å². The van der Waals surface area contributed by atoms with Crippen molar-refractivity contribution in [1.29, 1.82) is 0 Å². The molecule has 1 aliphatic rings. The van der Waals surface area contributed by atoms with E-state index in [0.29, 0.717) is 53.6 Å². The summed E-state index contributed by atoms with van der Waals surface area (Å²) in [6.45, 7) is 6.85. The Bertz CT molecular complexity index is 1040. The molecular formula is C25H29Cl2N3O4. The van der Waals surface area contributed by atoms with E-state index in [-0.39, 0.29) is 24.4 Å². The number of esters is 1. The Labute approximate surface area is 210 Å². The van der Waals surface area contributed by atoms with Crippen molar-refractivity contribution >= 4 is 46.7 Å². The van der Waals surface area contributed by atoms with Crippen molar-refractivity contribution < 1.29 is 19.1 Å². The fraction of sp³-hybridized carbons (Fsp3) is 0.400. The topological polar surface area (TPSA) is 80.2 Å². The maximum Gasteiger partial charge on any atom is 0.305 e. The molecule has 0 bridgehead atoms. The van der Waals surface area contributed by atoms with Crippen LogP contribution in [0.15, 0.2) is 47.5 Å². The van der Waals surface area contributed by atoms with Crippen molar-refractivity contribution in [3.63, 3.8) is 0 Å². The number of benzene rings is 2. The number of anilines is 1. The zero-order valence-corrected chi connectivity index (χ0v) is 21.0. The van der Waals surface area contributed by atoms with Gasteiger partial charge in [0.2, 0.25) is 5.96 Å². The largest absolute Gasteiger partial charge is 0.489 e. The molecule has 0 spiro atoms. The summed E-state index contributed by atoms with van der Waals surface area (Å²) in [5.74, 6) is 0.00494. The molecule has 0 saturated heterocycles. The number of hydrogen-bond acceptors (Lipinski definition) is 6. The normalized spacial score (nSPS) is 15.8. The number of hydrogen-bond donors (Lipinski definition) is 1. The molecule has 1 aliphatic heterocycles. The van der Waals surface area contributed by atoms with Crippen molar-refractivity contribution in [1.82, 2.24) is 4.90 Å². The first-order valence-corrected chi connectivity index (χ1v) is 12.0. The van der Waals surface area contributed by atoms with Crippen LogP contribution >= 0.6 is 23.2 Å². The van der Waals surface area contributed by atoms with Gasteiger partial charge in [0.15, 0.2) is 0 Å². The fourth-order valence-corrected chi connectivity index (χ4v) is 3.90. The van der Waals surface area contributed by atoms with Crippen LogP contribution in [-0.4, -0.2) is 42.0 Å². The Morgan fingerprint density at radius 1 is 1.21 bits per heavy atom. The molecule has 0 radical (unpaired) electrons. The highest BCUT2D eigenvalue weighted by Gasteiger charge is 2.30. The van der Waals surface area contributed by atoms with E-state index in [1.165, 1.54) is 0 Å². The lowest BCUT2D eigenvalue weighted by atomic mass is 10.00. The third-order valence-electron chi connectivity index (χ3n) is 5.15. The van der Waals surface area contributed by atoms with Gasteiger partial charge in [0.05, 0.1) is 23.7 Å². The summed E-state index contributed by atoms with van der Waals surface area (Å²) in [5, 5.41) is 4.32. The first-order valence-electron chi connectivity index (χ1n) is 11.3. The fourth-order valence-electron chi connectivity index (χ4n) is 3.55. The Kier molecular flexibility index (Phi) is 9.19. The SMILES string of the molecule is CCOC(=O)CCC1CN(Cc2ccc(Cl)cc2)C(Nc2ccc(OC(C)C)c(Cl)c2)=NC1=O. The summed E-state index contributed by atoms with van der Waals surface area (Å²) >= 11 is 12.4. The molecule has 0 aromatic heterocycles. The number of rotatable bonds is 9. The number of guanidine groups is 1. The molecule has 0 fully saturated rings. The van der Waals surface area contributed by atoms with Gasteiger partial charge >= 0.3 is 5.97 Å². The van der Waals surface area contributed by atoms with Gasteiger partial charge in [-0.3, -0.25) is 9.59 Å². The zero-order chi connectivity index (χ0) is 24.7. The smallest absolute Gasteiger partial charge is 0.305 e. The van der Waals surface area contributed by atoms with E-state index in [9.17, 15) is 9.59 Å². The monoisotopic (exact) mass is 505 g/mol. The molecule has 1 heterocycles. The molecular weight excluding hydrogens is 477 g/mol. The molecule has 1 N–H and O–H groups in total. The molecule has 7 nitrogen and oxygen atoms in total. The summed E-state index contributed by atoms with van der Waals surface area (Å²) < 4.78 is 10.7. The average Bonchev–Trinajstić information content (AvgIpc) is 2.78. The van der Waals surface area contributed by atoms with Gasteiger partial charge in [-0.2, -0.15) is 4.99 Å². The Morgan fingerprint density at radius 3 is 2.59 bits per heavy atom. The Hall–Kier alpha value is -2.77. The number of halogens is 2. The molecule has 182 valence electrons. The lowest BCUT2D eigenvalue weighted by Gasteiger charge is -2.33. The van der Waals surface area contributed by atoms with Gasteiger partial charge in [-0.1, -0.05) is 35.3 Å². The van der Waals surface area contributed by atoms with Crippen LogP contribution in [0.4, 0.5) is 5.69 Å². The highest BCUT2D eigenvalue weighted by atomic mass is 35.5. The molecule has 2 aromatic carbocycles. The summed E-state index contributed by atoms with van der Waals surface area (Å²) in [5.41, 5.74) is 1.69. The van der Waals surface area contributed by atoms with Gasteiger partial charge < -0.3 is 19.7 Å². The minimum absolute atomic E-state index is 0.00180. The minimum atomic E-state index is -0.410. The summed E-state index contributed by atoms with van der Waals surface area (Å²) in [4.78, 5) is 30.9. The third kappa shape index (κ3) is 7.37. The Balaban J connectivity index is 1.80. The van der Waals surface area contributed by atoms with E-state index in [2.05, 4.69) is 10.3 Å². The molecule has 0 saturated carbocycles. The number of ether oxygens (including phenoxy) is 2. The summed E-state index contributed by atoms with van der Waals surface area (Å²) in [6, 6.07) is 12.8. The number of nitrogens with zero attached hydrogens (tertiary/aromatic N) is 2. The highest BCUT2D eigenvalue weighted by molar-refractivity contribution is 6.32. The molecule has 1 atom stereocenters. The van der Waals surface area contributed by atoms with E-state index < -0.39 is 5.92 Å².